The van der Waals surface area contributed by atoms with Crippen molar-refractivity contribution in [2.75, 3.05) is 25.1 Å². The van der Waals surface area contributed by atoms with Crippen molar-refractivity contribution in [2.45, 2.75) is 6.92 Å². The Morgan fingerprint density at radius 1 is 1.17 bits per heavy atom. The van der Waals surface area contributed by atoms with E-state index >= 15 is 0 Å². The SMILES string of the molecule is Cc1cccc(-c2cnc(N(C)CCO)nc2)c1. The van der Waals surface area contributed by atoms with Crippen molar-refractivity contribution in [3.05, 3.63) is 42.2 Å². The third-order valence-electron chi connectivity index (χ3n) is 2.77. The average Bonchev–Trinajstić information content (AvgIpc) is 2.39. The summed E-state index contributed by atoms with van der Waals surface area (Å²) in [6.45, 7) is 2.69. The minimum atomic E-state index is 0.0967. The van der Waals surface area contributed by atoms with Gasteiger partial charge in [-0.3, -0.25) is 0 Å². The Morgan fingerprint density at radius 2 is 1.89 bits per heavy atom. The maximum atomic E-state index is 8.86. The molecule has 1 aromatic carbocycles. The van der Waals surface area contributed by atoms with Crippen LogP contribution >= 0.6 is 0 Å². The fourth-order valence-corrected chi connectivity index (χ4v) is 1.74. The fraction of sp³-hybridized carbons (Fsp3) is 0.286. The highest BCUT2D eigenvalue weighted by Crippen LogP contribution is 2.19. The first-order chi connectivity index (χ1) is 8.70. The first-order valence-electron chi connectivity index (χ1n) is 5.92. The number of nitrogens with zero attached hydrogens (tertiary/aromatic N) is 3. The van der Waals surface area contributed by atoms with E-state index in [0.717, 1.165) is 11.1 Å². The second kappa shape index (κ2) is 5.60. The molecule has 2 aromatic rings. The zero-order valence-electron chi connectivity index (χ0n) is 10.7. The highest BCUT2D eigenvalue weighted by molar-refractivity contribution is 5.62. The van der Waals surface area contributed by atoms with E-state index in [2.05, 4.69) is 29.0 Å². The molecule has 0 radical (unpaired) electrons. The van der Waals surface area contributed by atoms with Crippen LogP contribution in [0.1, 0.15) is 5.56 Å². The smallest absolute Gasteiger partial charge is 0.225 e. The molecule has 1 heterocycles. The largest absolute Gasteiger partial charge is 0.395 e. The van der Waals surface area contributed by atoms with E-state index in [1.165, 1.54) is 5.56 Å². The van der Waals surface area contributed by atoms with Gasteiger partial charge in [-0.25, -0.2) is 9.97 Å². The van der Waals surface area contributed by atoms with Crippen molar-refractivity contribution >= 4 is 5.95 Å². The first-order valence-corrected chi connectivity index (χ1v) is 5.92. The van der Waals surface area contributed by atoms with E-state index in [1.54, 1.807) is 0 Å². The predicted molar refractivity (Wildman–Crippen MR) is 72.6 cm³/mol. The summed E-state index contributed by atoms with van der Waals surface area (Å²) in [5.41, 5.74) is 3.33. The highest BCUT2D eigenvalue weighted by Gasteiger charge is 2.04. The number of hydrogen-bond acceptors (Lipinski definition) is 4. The Morgan fingerprint density at radius 3 is 2.50 bits per heavy atom. The first kappa shape index (κ1) is 12.5. The van der Waals surface area contributed by atoms with Crippen LogP contribution in [0.4, 0.5) is 5.95 Å². The van der Waals surface area contributed by atoms with Gasteiger partial charge < -0.3 is 10.0 Å². The Kier molecular flexibility index (Phi) is 3.89. The van der Waals surface area contributed by atoms with Crippen LogP contribution in [0.5, 0.6) is 0 Å². The van der Waals surface area contributed by atoms with Crippen LogP contribution in [0.15, 0.2) is 36.7 Å². The van der Waals surface area contributed by atoms with E-state index in [4.69, 9.17) is 5.11 Å². The monoisotopic (exact) mass is 243 g/mol. The van der Waals surface area contributed by atoms with Crippen LogP contribution in [0.25, 0.3) is 11.1 Å². The van der Waals surface area contributed by atoms with Gasteiger partial charge in [0, 0.05) is 31.5 Å². The van der Waals surface area contributed by atoms with E-state index in [-0.39, 0.29) is 6.61 Å². The number of anilines is 1. The molecule has 0 spiro atoms. The molecule has 4 nitrogen and oxygen atoms in total. The molecule has 0 aliphatic rings. The van der Waals surface area contributed by atoms with Gasteiger partial charge in [0.15, 0.2) is 0 Å². The molecule has 0 saturated heterocycles. The molecular formula is C14H17N3O. The molecule has 0 saturated carbocycles. The summed E-state index contributed by atoms with van der Waals surface area (Å²) >= 11 is 0. The molecule has 0 unspecified atom stereocenters. The number of hydrogen-bond donors (Lipinski definition) is 1. The van der Waals surface area contributed by atoms with Gasteiger partial charge in [-0.15, -0.1) is 0 Å². The Balaban J connectivity index is 2.22. The summed E-state index contributed by atoms with van der Waals surface area (Å²) in [6, 6.07) is 8.24. The lowest BCUT2D eigenvalue weighted by molar-refractivity contribution is 0.303. The van der Waals surface area contributed by atoms with Crippen molar-refractivity contribution in [2.24, 2.45) is 0 Å². The molecule has 4 heteroatoms. The van der Waals surface area contributed by atoms with Gasteiger partial charge in [0.05, 0.1) is 6.61 Å². The number of aliphatic hydroxyl groups is 1. The van der Waals surface area contributed by atoms with Crippen molar-refractivity contribution in [1.82, 2.24) is 9.97 Å². The van der Waals surface area contributed by atoms with Crippen molar-refractivity contribution < 1.29 is 5.11 Å². The lowest BCUT2D eigenvalue weighted by Crippen LogP contribution is -2.23. The summed E-state index contributed by atoms with van der Waals surface area (Å²) < 4.78 is 0. The minimum absolute atomic E-state index is 0.0967. The van der Waals surface area contributed by atoms with Gasteiger partial charge in [-0.05, 0) is 12.5 Å². The van der Waals surface area contributed by atoms with E-state index in [0.29, 0.717) is 12.5 Å². The molecular weight excluding hydrogens is 226 g/mol. The van der Waals surface area contributed by atoms with Crippen LogP contribution in [-0.2, 0) is 0 Å². The van der Waals surface area contributed by atoms with Crippen LogP contribution in [0, 0.1) is 6.92 Å². The quantitative estimate of drug-likeness (QED) is 0.890. The predicted octanol–water partition coefficient (Wildman–Crippen LogP) is 1.88. The van der Waals surface area contributed by atoms with Crippen LogP contribution in [-0.4, -0.2) is 35.3 Å². The van der Waals surface area contributed by atoms with Gasteiger partial charge >= 0.3 is 0 Å². The normalized spacial score (nSPS) is 10.4. The number of rotatable bonds is 4. The molecule has 0 aliphatic carbocycles. The molecule has 0 aliphatic heterocycles. The Hall–Kier alpha value is -1.94. The molecule has 94 valence electrons. The zero-order chi connectivity index (χ0) is 13.0. The fourth-order valence-electron chi connectivity index (χ4n) is 1.74. The molecule has 0 amide bonds. The van der Waals surface area contributed by atoms with Crippen molar-refractivity contribution in [1.29, 1.82) is 0 Å². The maximum absolute atomic E-state index is 8.86. The Labute approximate surface area is 107 Å². The Bertz CT molecular complexity index is 511. The van der Waals surface area contributed by atoms with Gasteiger partial charge in [0.25, 0.3) is 0 Å². The average molecular weight is 243 g/mol. The van der Waals surface area contributed by atoms with Gasteiger partial charge in [-0.2, -0.15) is 0 Å². The molecule has 0 atom stereocenters. The number of aryl methyl sites for hydroxylation is 1. The molecule has 2 rings (SSSR count). The topological polar surface area (TPSA) is 49.2 Å². The van der Waals surface area contributed by atoms with Gasteiger partial charge in [-0.1, -0.05) is 29.8 Å². The standard InChI is InChI=1S/C14H17N3O/c1-11-4-3-5-12(8-11)13-9-15-14(16-10-13)17(2)6-7-18/h3-5,8-10,18H,6-7H2,1-2H3. The zero-order valence-corrected chi connectivity index (χ0v) is 10.7. The van der Waals surface area contributed by atoms with Gasteiger partial charge in [0.2, 0.25) is 5.95 Å². The van der Waals surface area contributed by atoms with Crippen LogP contribution in [0.2, 0.25) is 0 Å². The number of likely N-dealkylation sites (N-methyl/N-ethyl adjacent to an activating group) is 1. The third kappa shape index (κ3) is 2.84. The molecule has 18 heavy (non-hydrogen) atoms. The second-order valence-corrected chi connectivity index (χ2v) is 4.29. The maximum Gasteiger partial charge on any atom is 0.225 e. The molecule has 0 bridgehead atoms. The highest BCUT2D eigenvalue weighted by atomic mass is 16.3. The lowest BCUT2D eigenvalue weighted by Gasteiger charge is -2.15. The number of benzene rings is 1. The summed E-state index contributed by atoms with van der Waals surface area (Å²) in [7, 11) is 1.86. The summed E-state index contributed by atoms with van der Waals surface area (Å²) in [6.07, 6.45) is 3.62. The summed E-state index contributed by atoms with van der Waals surface area (Å²) in [5, 5.41) is 8.86. The third-order valence-corrected chi connectivity index (χ3v) is 2.77. The van der Waals surface area contributed by atoms with Crippen molar-refractivity contribution in [3.63, 3.8) is 0 Å². The van der Waals surface area contributed by atoms with Crippen LogP contribution < -0.4 is 4.90 Å². The number of aromatic nitrogens is 2. The van der Waals surface area contributed by atoms with Crippen molar-refractivity contribution in [3.8, 4) is 11.1 Å². The van der Waals surface area contributed by atoms with E-state index in [1.807, 2.05) is 36.5 Å². The molecule has 1 N–H and O–H groups in total. The van der Waals surface area contributed by atoms with Gasteiger partial charge in [0.1, 0.15) is 0 Å². The summed E-state index contributed by atoms with van der Waals surface area (Å²) in [5.74, 6) is 0.625. The second-order valence-electron chi connectivity index (χ2n) is 4.29. The van der Waals surface area contributed by atoms with E-state index < -0.39 is 0 Å². The lowest BCUT2D eigenvalue weighted by atomic mass is 10.1. The minimum Gasteiger partial charge on any atom is -0.395 e. The van der Waals surface area contributed by atoms with E-state index in [9.17, 15) is 0 Å². The molecule has 0 fully saturated rings. The number of aliphatic hydroxyl groups excluding tert-OH is 1. The van der Waals surface area contributed by atoms with Crippen LogP contribution in [0.3, 0.4) is 0 Å². The summed E-state index contributed by atoms with van der Waals surface area (Å²) in [4.78, 5) is 10.4. The molecule has 1 aromatic heterocycles.